The van der Waals surface area contributed by atoms with Gasteiger partial charge in [0.1, 0.15) is 0 Å². The Morgan fingerprint density at radius 1 is 0.500 bits per heavy atom. The summed E-state index contributed by atoms with van der Waals surface area (Å²) in [4.78, 5) is 2.48. The lowest BCUT2D eigenvalue weighted by Gasteiger charge is -2.05. The van der Waals surface area contributed by atoms with Gasteiger partial charge in [0, 0.05) is 31.3 Å². The summed E-state index contributed by atoms with van der Waals surface area (Å²) in [5.41, 5.74) is 2.66. The van der Waals surface area contributed by atoms with E-state index >= 15 is 0 Å². The van der Waals surface area contributed by atoms with E-state index in [1.165, 1.54) is 20.9 Å². The molecule has 0 nitrogen and oxygen atoms in total. The van der Waals surface area contributed by atoms with Gasteiger partial charge in [0.05, 0.1) is 0 Å². The van der Waals surface area contributed by atoms with E-state index in [1.54, 1.807) is 0 Å². The zero-order chi connectivity index (χ0) is 16.8. The lowest BCUT2D eigenvalue weighted by atomic mass is 10.2. The van der Waals surface area contributed by atoms with Crippen molar-refractivity contribution in [2.75, 3.05) is 0 Å². The van der Waals surface area contributed by atoms with Crippen LogP contribution in [0, 0.1) is 0 Å². The highest BCUT2D eigenvalue weighted by Gasteiger charge is 2.00. The predicted octanol–water partition coefficient (Wildman–Crippen LogP) is 7.58. The molecule has 4 heteroatoms. The van der Waals surface area contributed by atoms with Crippen LogP contribution in [0.5, 0.6) is 0 Å². The monoisotopic (exact) mass is 390 g/mol. The van der Waals surface area contributed by atoms with Gasteiger partial charge in [-0.1, -0.05) is 47.5 Å². The van der Waals surface area contributed by atoms with E-state index < -0.39 is 0 Å². The largest absolute Gasteiger partial charge is 0.121 e. The minimum Gasteiger partial charge on any atom is -0.121 e. The molecule has 3 rings (SSSR count). The summed E-state index contributed by atoms with van der Waals surface area (Å²) in [5.74, 6) is 1.93. The van der Waals surface area contributed by atoms with Gasteiger partial charge in [-0.25, -0.2) is 0 Å². The zero-order valence-corrected chi connectivity index (χ0v) is 16.1. The van der Waals surface area contributed by atoms with Gasteiger partial charge in [0.2, 0.25) is 0 Å². The van der Waals surface area contributed by atoms with Gasteiger partial charge in [-0.05, 0) is 59.7 Å². The van der Waals surface area contributed by atoms with Crippen molar-refractivity contribution in [3.05, 3.63) is 94.0 Å². The Balaban J connectivity index is 1.51. The highest BCUT2D eigenvalue weighted by Crippen LogP contribution is 2.26. The van der Waals surface area contributed by atoms with Crippen LogP contribution in [-0.4, -0.2) is 0 Å². The third-order valence-corrected chi connectivity index (χ3v) is 6.13. The quantitative estimate of drug-likeness (QED) is 0.397. The molecule has 0 heterocycles. The van der Waals surface area contributed by atoms with E-state index in [9.17, 15) is 0 Å². The van der Waals surface area contributed by atoms with Crippen molar-refractivity contribution in [2.45, 2.75) is 21.3 Å². The Kier molecular flexibility index (Phi) is 6.56. The summed E-state index contributed by atoms with van der Waals surface area (Å²) in [6, 6.07) is 24.8. The second-order valence-corrected chi connectivity index (χ2v) is 8.27. The van der Waals surface area contributed by atoms with Crippen molar-refractivity contribution in [1.29, 1.82) is 0 Å². The first-order valence-corrected chi connectivity index (χ1v) is 10.3. The van der Waals surface area contributed by atoms with Crippen LogP contribution in [0.25, 0.3) is 0 Å². The molecule has 122 valence electrons. The van der Waals surface area contributed by atoms with Crippen LogP contribution in [0.3, 0.4) is 0 Å². The van der Waals surface area contributed by atoms with Gasteiger partial charge in [-0.15, -0.1) is 23.5 Å². The average Bonchev–Trinajstić information content (AvgIpc) is 2.62. The van der Waals surface area contributed by atoms with Gasteiger partial charge in [-0.3, -0.25) is 0 Å². The molecular weight excluding hydrogens is 375 g/mol. The van der Waals surface area contributed by atoms with Gasteiger partial charge in [-0.2, -0.15) is 0 Å². The van der Waals surface area contributed by atoms with Crippen LogP contribution in [0.1, 0.15) is 11.1 Å². The number of rotatable bonds is 6. The topological polar surface area (TPSA) is 0 Å². The number of hydrogen-bond acceptors (Lipinski definition) is 2. The molecular formula is C20H16Cl2S2. The second-order valence-electron chi connectivity index (χ2n) is 5.30. The highest BCUT2D eigenvalue weighted by molar-refractivity contribution is 7.98. The third kappa shape index (κ3) is 5.49. The molecule has 3 aromatic rings. The molecule has 0 bridgehead atoms. The SMILES string of the molecule is Clc1ccc(SCc2ccc(CSc3ccc(Cl)cc3)cc2)cc1. The molecule has 0 aromatic heterocycles. The third-order valence-electron chi connectivity index (χ3n) is 3.46. The second kappa shape index (κ2) is 8.87. The maximum atomic E-state index is 5.91. The smallest absolute Gasteiger partial charge is 0.0406 e. The molecule has 0 saturated carbocycles. The van der Waals surface area contributed by atoms with Crippen LogP contribution in [-0.2, 0) is 11.5 Å². The number of thioether (sulfide) groups is 2. The summed E-state index contributed by atoms with van der Waals surface area (Å²) in [7, 11) is 0. The molecule has 0 aliphatic heterocycles. The number of halogens is 2. The van der Waals surface area contributed by atoms with Crippen molar-refractivity contribution < 1.29 is 0 Å². The Morgan fingerprint density at radius 3 is 1.17 bits per heavy atom. The van der Waals surface area contributed by atoms with Crippen LogP contribution in [0.15, 0.2) is 82.6 Å². The van der Waals surface area contributed by atoms with Crippen molar-refractivity contribution >= 4 is 46.7 Å². The fourth-order valence-electron chi connectivity index (χ4n) is 2.13. The first-order valence-electron chi connectivity index (χ1n) is 7.53. The van der Waals surface area contributed by atoms with Crippen molar-refractivity contribution in [3.8, 4) is 0 Å². The molecule has 0 aliphatic carbocycles. The van der Waals surface area contributed by atoms with Gasteiger partial charge in [0.15, 0.2) is 0 Å². The first-order chi connectivity index (χ1) is 11.7. The minimum absolute atomic E-state index is 0.780. The Labute approximate surface area is 161 Å². The number of benzene rings is 3. The zero-order valence-electron chi connectivity index (χ0n) is 12.9. The number of hydrogen-bond donors (Lipinski definition) is 0. The molecule has 0 spiro atoms. The van der Waals surface area contributed by atoms with Crippen LogP contribution in [0.4, 0.5) is 0 Å². The summed E-state index contributed by atoms with van der Waals surface area (Å²) < 4.78 is 0. The summed E-state index contributed by atoms with van der Waals surface area (Å²) >= 11 is 15.5. The molecule has 3 aromatic carbocycles. The van der Waals surface area contributed by atoms with E-state index in [0.29, 0.717) is 0 Å². The molecule has 0 atom stereocenters. The molecule has 0 N–H and O–H groups in total. The Hall–Kier alpha value is -1.06. The summed E-state index contributed by atoms with van der Waals surface area (Å²) in [6.45, 7) is 0. The average molecular weight is 391 g/mol. The normalized spacial score (nSPS) is 10.8. The Bertz CT molecular complexity index is 698. The standard InChI is InChI=1S/C20H16Cl2S2/c21-17-5-9-19(10-6-17)23-13-15-1-2-16(4-3-15)14-24-20-11-7-18(22)8-12-20/h1-12H,13-14H2. The van der Waals surface area contributed by atoms with Crippen molar-refractivity contribution in [3.63, 3.8) is 0 Å². The van der Waals surface area contributed by atoms with Crippen molar-refractivity contribution in [1.82, 2.24) is 0 Å². The fraction of sp³-hybridized carbons (Fsp3) is 0.100. The summed E-state index contributed by atoms with van der Waals surface area (Å²) in [6.07, 6.45) is 0. The lowest BCUT2D eigenvalue weighted by Crippen LogP contribution is -1.84. The van der Waals surface area contributed by atoms with E-state index in [0.717, 1.165) is 21.6 Å². The van der Waals surface area contributed by atoms with Crippen LogP contribution < -0.4 is 0 Å². The van der Waals surface area contributed by atoms with E-state index in [1.807, 2.05) is 47.8 Å². The highest BCUT2D eigenvalue weighted by atomic mass is 35.5. The van der Waals surface area contributed by atoms with Crippen molar-refractivity contribution in [2.24, 2.45) is 0 Å². The molecule has 0 amide bonds. The first kappa shape index (κ1) is 17.8. The molecule has 0 saturated heterocycles. The summed E-state index contributed by atoms with van der Waals surface area (Å²) in [5, 5.41) is 1.56. The fourth-order valence-corrected chi connectivity index (χ4v) is 4.09. The Morgan fingerprint density at radius 2 is 0.833 bits per heavy atom. The van der Waals surface area contributed by atoms with Gasteiger partial charge in [0.25, 0.3) is 0 Å². The molecule has 0 radical (unpaired) electrons. The van der Waals surface area contributed by atoms with Gasteiger partial charge < -0.3 is 0 Å². The minimum atomic E-state index is 0.780. The lowest BCUT2D eigenvalue weighted by molar-refractivity contribution is 1.33. The molecule has 0 unspecified atom stereocenters. The molecule has 0 fully saturated rings. The molecule has 24 heavy (non-hydrogen) atoms. The van der Waals surface area contributed by atoms with Crippen LogP contribution in [0.2, 0.25) is 10.0 Å². The van der Waals surface area contributed by atoms with Gasteiger partial charge >= 0.3 is 0 Å². The maximum Gasteiger partial charge on any atom is 0.0406 e. The predicted molar refractivity (Wildman–Crippen MR) is 108 cm³/mol. The van der Waals surface area contributed by atoms with E-state index in [2.05, 4.69) is 48.5 Å². The maximum absolute atomic E-state index is 5.91. The van der Waals surface area contributed by atoms with E-state index in [4.69, 9.17) is 23.2 Å². The molecule has 0 aliphatic rings. The van der Waals surface area contributed by atoms with Crippen LogP contribution >= 0.6 is 46.7 Å². The van der Waals surface area contributed by atoms with E-state index in [-0.39, 0.29) is 0 Å².